The fourth-order valence-electron chi connectivity index (χ4n) is 2.62. The van der Waals surface area contributed by atoms with Gasteiger partial charge in [-0.05, 0) is 69.7 Å². The number of rotatable bonds is 13. The molecule has 0 aliphatic carbocycles. The Kier molecular flexibility index (Phi) is 25.3. The molecule has 2 N–H and O–H groups in total. The van der Waals surface area contributed by atoms with Crippen molar-refractivity contribution in [1.82, 2.24) is 0 Å². The van der Waals surface area contributed by atoms with Gasteiger partial charge in [-0.2, -0.15) is 0 Å². The zero-order valence-corrected chi connectivity index (χ0v) is 24.6. The van der Waals surface area contributed by atoms with Crippen molar-refractivity contribution in [2.24, 2.45) is 10.7 Å². The molecule has 0 atom stereocenters. The van der Waals surface area contributed by atoms with Gasteiger partial charge < -0.3 is 24.7 Å². The molecule has 0 aliphatic rings. The van der Waals surface area contributed by atoms with Crippen LogP contribution in [0.15, 0.2) is 41.4 Å². The number of hydrogen-bond acceptors (Lipinski definition) is 7. The molecule has 7 nitrogen and oxygen atoms in total. The largest absolute Gasteiger partial charge is 0.352 e. The number of hydrogen-bond donors (Lipinski definition) is 1. The first-order valence-electron chi connectivity index (χ1n) is 11.8. The molecule has 0 radical (unpaired) electrons. The van der Waals surface area contributed by atoms with Gasteiger partial charge in [-0.3, -0.25) is 9.79 Å². The first-order chi connectivity index (χ1) is 17.7. The Hall–Kier alpha value is -1.26. The van der Waals surface area contributed by atoms with Gasteiger partial charge in [-0.15, -0.1) is 0 Å². The first kappa shape index (κ1) is 38.9. The van der Waals surface area contributed by atoms with Gasteiger partial charge in [-0.25, -0.2) is 0 Å². The van der Waals surface area contributed by atoms with E-state index in [1.807, 2.05) is 27.7 Å². The molecule has 0 heterocycles. The standard InChI is InChI=1S/C13H17Cl2NO2.C7H4Cl2O.C6H15NO2.CH4/c1-3-17-13(18-4-2)9-16-8-10-5-11(14)7-12(15)6-10;8-6-1-5(4-10)2-7(9)3-6;1-3-8-6(5-7)9-4-2;/h5-8,13H,3-4,9H2,1-2H3;1-4H;6H,3-5,7H2,1-2H3;1H4. The normalized spacial score (nSPS) is 10.5. The minimum Gasteiger partial charge on any atom is -0.352 e. The molecule has 11 heteroatoms. The molecular weight excluding hydrogens is 574 g/mol. The average molecular weight is 614 g/mol. The van der Waals surface area contributed by atoms with Gasteiger partial charge in [-0.1, -0.05) is 53.8 Å². The summed E-state index contributed by atoms with van der Waals surface area (Å²) in [6.45, 7) is 11.1. The Balaban J connectivity index is 0. The van der Waals surface area contributed by atoms with Crippen LogP contribution in [0.2, 0.25) is 20.1 Å². The summed E-state index contributed by atoms with van der Waals surface area (Å²) in [5.74, 6) is 0. The third kappa shape index (κ3) is 19.8. The second-order valence-electron chi connectivity index (χ2n) is 6.93. The van der Waals surface area contributed by atoms with Gasteiger partial charge in [0, 0.05) is 64.8 Å². The molecule has 0 spiro atoms. The van der Waals surface area contributed by atoms with Crippen molar-refractivity contribution in [2.45, 2.75) is 47.7 Å². The number of aliphatic imine (C=N–C) groups is 1. The molecule has 0 fully saturated rings. The summed E-state index contributed by atoms with van der Waals surface area (Å²) in [4.78, 5) is 14.5. The summed E-state index contributed by atoms with van der Waals surface area (Å²) in [7, 11) is 0. The maximum Gasteiger partial charge on any atom is 0.176 e. The highest BCUT2D eigenvalue weighted by Gasteiger charge is 2.05. The molecule has 216 valence electrons. The monoisotopic (exact) mass is 612 g/mol. The lowest BCUT2D eigenvalue weighted by atomic mass is 10.2. The van der Waals surface area contributed by atoms with E-state index in [0.29, 0.717) is 71.5 Å². The Morgan fingerprint density at radius 1 is 0.711 bits per heavy atom. The highest BCUT2D eigenvalue weighted by atomic mass is 35.5. The molecule has 2 aromatic rings. The van der Waals surface area contributed by atoms with E-state index in [1.165, 1.54) is 0 Å². The molecule has 0 saturated heterocycles. The summed E-state index contributed by atoms with van der Waals surface area (Å²) >= 11 is 23.0. The number of carbonyl (C=O) groups excluding carboxylic acids is 1. The highest BCUT2D eigenvalue weighted by Crippen LogP contribution is 2.18. The van der Waals surface area contributed by atoms with Gasteiger partial charge >= 0.3 is 0 Å². The van der Waals surface area contributed by atoms with Crippen LogP contribution >= 0.6 is 46.4 Å². The van der Waals surface area contributed by atoms with E-state index in [2.05, 4.69) is 4.99 Å². The minimum absolute atomic E-state index is 0. The van der Waals surface area contributed by atoms with E-state index >= 15 is 0 Å². The van der Waals surface area contributed by atoms with Gasteiger partial charge in [0.1, 0.15) is 6.29 Å². The zero-order chi connectivity index (χ0) is 28.1. The molecule has 2 rings (SSSR count). The molecule has 2 aromatic carbocycles. The maximum atomic E-state index is 10.2. The molecular formula is C27H40Cl4N2O5. The number of carbonyl (C=O) groups is 1. The number of nitrogens with two attached hydrogens (primary N) is 1. The van der Waals surface area contributed by atoms with E-state index < -0.39 is 0 Å². The van der Waals surface area contributed by atoms with E-state index in [1.54, 1.807) is 42.6 Å². The van der Waals surface area contributed by atoms with Crippen LogP contribution in [0.3, 0.4) is 0 Å². The molecule has 0 aliphatic heterocycles. The second-order valence-corrected chi connectivity index (χ2v) is 8.68. The van der Waals surface area contributed by atoms with E-state index in [4.69, 9.17) is 71.1 Å². The zero-order valence-electron chi connectivity index (χ0n) is 21.6. The smallest absolute Gasteiger partial charge is 0.176 e. The summed E-state index contributed by atoms with van der Waals surface area (Å²) in [5.41, 5.74) is 6.65. The van der Waals surface area contributed by atoms with Gasteiger partial charge in [0.2, 0.25) is 0 Å². The Bertz CT molecular complexity index is 867. The van der Waals surface area contributed by atoms with Crippen molar-refractivity contribution in [2.75, 3.05) is 39.5 Å². The third-order valence-corrected chi connectivity index (χ3v) is 4.88. The molecule has 0 bridgehead atoms. The molecule has 0 saturated carbocycles. The molecule has 0 amide bonds. The lowest BCUT2D eigenvalue weighted by Crippen LogP contribution is -2.26. The quantitative estimate of drug-likeness (QED) is 0.142. The van der Waals surface area contributed by atoms with Crippen LogP contribution in [-0.2, 0) is 18.9 Å². The number of halogens is 4. The van der Waals surface area contributed by atoms with E-state index in [0.717, 1.165) is 5.56 Å². The van der Waals surface area contributed by atoms with Crippen molar-refractivity contribution in [3.63, 3.8) is 0 Å². The predicted molar refractivity (Wildman–Crippen MR) is 161 cm³/mol. The predicted octanol–water partition coefficient (Wildman–Crippen LogP) is 7.60. The van der Waals surface area contributed by atoms with Crippen molar-refractivity contribution in [1.29, 1.82) is 0 Å². The first-order valence-corrected chi connectivity index (χ1v) is 13.3. The molecule has 0 unspecified atom stereocenters. The second kappa shape index (κ2) is 24.8. The number of ether oxygens (including phenoxy) is 4. The van der Waals surface area contributed by atoms with Gasteiger partial charge in [0.15, 0.2) is 12.6 Å². The third-order valence-electron chi connectivity index (χ3n) is 4.00. The van der Waals surface area contributed by atoms with Crippen LogP contribution in [0.4, 0.5) is 0 Å². The fraction of sp³-hybridized carbons (Fsp3) is 0.481. The SMILES string of the molecule is C.CCOC(CN)OCC.CCOC(CN=Cc1cc(Cl)cc(Cl)c1)OCC.O=Cc1cc(Cl)cc(Cl)c1. The minimum atomic E-state index is -0.300. The van der Waals surface area contributed by atoms with Crippen molar-refractivity contribution in [3.8, 4) is 0 Å². The van der Waals surface area contributed by atoms with Crippen LogP contribution in [0, 0.1) is 0 Å². The summed E-state index contributed by atoms with van der Waals surface area (Å²) in [6, 6.07) is 9.97. The number of nitrogens with zero attached hydrogens (tertiary/aromatic N) is 1. The Morgan fingerprint density at radius 3 is 1.42 bits per heavy atom. The Labute approximate surface area is 247 Å². The number of benzene rings is 2. The summed E-state index contributed by atoms with van der Waals surface area (Å²) in [5, 5.41) is 2.15. The maximum absolute atomic E-state index is 10.2. The highest BCUT2D eigenvalue weighted by molar-refractivity contribution is 6.35. The van der Waals surface area contributed by atoms with Crippen LogP contribution in [0.1, 0.15) is 51.0 Å². The van der Waals surface area contributed by atoms with E-state index in [-0.39, 0.29) is 20.0 Å². The number of aldehydes is 1. The average Bonchev–Trinajstić information content (AvgIpc) is 2.84. The topological polar surface area (TPSA) is 92.4 Å². The van der Waals surface area contributed by atoms with E-state index in [9.17, 15) is 4.79 Å². The molecule has 38 heavy (non-hydrogen) atoms. The van der Waals surface area contributed by atoms with Gasteiger partial charge in [0.05, 0.1) is 6.54 Å². The van der Waals surface area contributed by atoms with Crippen LogP contribution in [0.5, 0.6) is 0 Å². The van der Waals surface area contributed by atoms with Crippen LogP contribution in [-0.4, -0.2) is 64.6 Å². The van der Waals surface area contributed by atoms with Crippen LogP contribution in [0.25, 0.3) is 0 Å². The summed E-state index contributed by atoms with van der Waals surface area (Å²) in [6.07, 6.45) is 1.91. The van der Waals surface area contributed by atoms with Crippen LogP contribution < -0.4 is 5.73 Å². The molecule has 0 aromatic heterocycles. The lowest BCUT2D eigenvalue weighted by molar-refractivity contribution is -0.128. The van der Waals surface area contributed by atoms with Crippen molar-refractivity contribution in [3.05, 3.63) is 67.6 Å². The van der Waals surface area contributed by atoms with Crippen molar-refractivity contribution >= 4 is 58.9 Å². The van der Waals surface area contributed by atoms with Crippen molar-refractivity contribution < 1.29 is 23.7 Å². The summed E-state index contributed by atoms with van der Waals surface area (Å²) < 4.78 is 20.9. The Morgan fingerprint density at radius 2 is 1.08 bits per heavy atom. The lowest BCUT2D eigenvalue weighted by Gasteiger charge is -2.14. The fourth-order valence-corrected chi connectivity index (χ4v) is 3.70. The van der Waals surface area contributed by atoms with Gasteiger partial charge in [0.25, 0.3) is 0 Å².